The number of nitrogens with one attached hydrogen (secondary N) is 2. The minimum atomic E-state index is -0.158. The van der Waals surface area contributed by atoms with Crippen molar-refractivity contribution in [1.29, 1.82) is 0 Å². The molecule has 0 spiro atoms. The van der Waals surface area contributed by atoms with Gasteiger partial charge in [-0.25, -0.2) is 4.98 Å². The molecule has 12 heavy (non-hydrogen) atoms. The Balaban J connectivity index is 2.15. The van der Waals surface area contributed by atoms with Gasteiger partial charge in [-0.1, -0.05) is 0 Å². The van der Waals surface area contributed by atoms with Crippen LogP contribution in [-0.2, 0) is 11.2 Å². The van der Waals surface area contributed by atoms with Crippen LogP contribution in [0.1, 0.15) is 5.82 Å². The number of amides is 1. The highest BCUT2D eigenvalue weighted by atomic mass is 16.1. The van der Waals surface area contributed by atoms with Gasteiger partial charge in [0.2, 0.25) is 5.91 Å². The van der Waals surface area contributed by atoms with Crippen molar-refractivity contribution in [3.05, 3.63) is 12.2 Å². The van der Waals surface area contributed by atoms with Crippen LogP contribution < -0.4 is 11.1 Å². The number of carbonyl (C=O) groups is 1. The summed E-state index contributed by atoms with van der Waals surface area (Å²) in [4.78, 5) is 14.5. The minimum absolute atomic E-state index is 0.0242. The molecule has 1 aromatic heterocycles. The monoisotopic (exact) mass is 169 g/mol. The largest absolute Gasteiger partial charge is 0.355 e. The molecular weight excluding hydrogens is 158 g/mol. The fourth-order valence-electron chi connectivity index (χ4n) is 0.744. The van der Waals surface area contributed by atoms with Crippen molar-refractivity contribution in [3.8, 4) is 0 Å². The van der Waals surface area contributed by atoms with E-state index in [1.165, 1.54) is 6.33 Å². The van der Waals surface area contributed by atoms with Crippen molar-refractivity contribution in [2.75, 3.05) is 13.1 Å². The quantitative estimate of drug-likeness (QED) is 0.507. The molecule has 0 bridgehead atoms. The summed E-state index contributed by atoms with van der Waals surface area (Å²) < 4.78 is 0. The lowest BCUT2D eigenvalue weighted by atomic mass is 10.4. The van der Waals surface area contributed by atoms with Crippen LogP contribution in [-0.4, -0.2) is 34.2 Å². The molecule has 0 fully saturated rings. The van der Waals surface area contributed by atoms with Gasteiger partial charge in [0.15, 0.2) is 0 Å². The van der Waals surface area contributed by atoms with Gasteiger partial charge in [-0.3, -0.25) is 9.89 Å². The maximum atomic E-state index is 10.7. The molecule has 0 unspecified atom stereocenters. The van der Waals surface area contributed by atoms with E-state index in [9.17, 15) is 4.79 Å². The molecule has 1 rings (SSSR count). The summed E-state index contributed by atoms with van der Waals surface area (Å²) in [5, 5.41) is 8.97. The lowest BCUT2D eigenvalue weighted by molar-refractivity contribution is -0.119. The number of nitrogens with zero attached hydrogens (tertiary/aromatic N) is 2. The van der Waals surface area contributed by atoms with E-state index in [0.29, 0.717) is 13.0 Å². The molecule has 0 aliphatic rings. The second-order valence-corrected chi connectivity index (χ2v) is 2.24. The van der Waals surface area contributed by atoms with Gasteiger partial charge in [-0.2, -0.15) is 5.10 Å². The van der Waals surface area contributed by atoms with E-state index < -0.39 is 0 Å². The predicted molar refractivity (Wildman–Crippen MR) is 42.2 cm³/mol. The van der Waals surface area contributed by atoms with Crippen LogP contribution in [0.4, 0.5) is 0 Å². The molecule has 0 radical (unpaired) electrons. The van der Waals surface area contributed by atoms with Crippen LogP contribution in [0.15, 0.2) is 6.33 Å². The second-order valence-electron chi connectivity index (χ2n) is 2.24. The fourth-order valence-corrected chi connectivity index (χ4v) is 0.744. The number of aromatic nitrogens is 3. The third-order valence-corrected chi connectivity index (χ3v) is 1.33. The maximum absolute atomic E-state index is 10.7. The zero-order valence-corrected chi connectivity index (χ0v) is 6.58. The van der Waals surface area contributed by atoms with Gasteiger partial charge < -0.3 is 11.1 Å². The van der Waals surface area contributed by atoms with E-state index in [1.54, 1.807) is 0 Å². The minimum Gasteiger partial charge on any atom is -0.355 e. The molecule has 6 heteroatoms. The van der Waals surface area contributed by atoms with Crippen molar-refractivity contribution in [3.63, 3.8) is 0 Å². The Kier molecular flexibility index (Phi) is 3.21. The van der Waals surface area contributed by atoms with Crippen LogP contribution in [0.25, 0.3) is 0 Å². The molecule has 1 amide bonds. The highest BCUT2D eigenvalue weighted by molar-refractivity contribution is 5.77. The summed E-state index contributed by atoms with van der Waals surface area (Å²) in [7, 11) is 0. The van der Waals surface area contributed by atoms with E-state index >= 15 is 0 Å². The van der Waals surface area contributed by atoms with Crippen molar-refractivity contribution in [1.82, 2.24) is 20.5 Å². The number of hydrogen-bond donors (Lipinski definition) is 3. The molecule has 0 aromatic carbocycles. The summed E-state index contributed by atoms with van der Waals surface area (Å²) in [6, 6.07) is 0. The third kappa shape index (κ3) is 2.67. The number of nitrogens with two attached hydrogens (primary N) is 1. The molecule has 66 valence electrons. The van der Waals surface area contributed by atoms with Crippen molar-refractivity contribution < 1.29 is 4.79 Å². The Bertz CT molecular complexity index is 232. The molecule has 0 atom stereocenters. The van der Waals surface area contributed by atoms with Crippen LogP contribution in [0, 0.1) is 0 Å². The standard InChI is InChI=1S/C6H11N5O/c7-3-6(12)8-2-1-5-9-4-10-11-5/h4H,1-3,7H2,(H,8,12)(H,9,10,11). The van der Waals surface area contributed by atoms with Gasteiger partial charge in [-0.15, -0.1) is 0 Å². The zero-order valence-electron chi connectivity index (χ0n) is 6.58. The smallest absolute Gasteiger partial charge is 0.233 e. The highest BCUT2D eigenvalue weighted by Crippen LogP contribution is 1.84. The van der Waals surface area contributed by atoms with Crippen molar-refractivity contribution in [2.45, 2.75) is 6.42 Å². The van der Waals surface area contributed by atoms with Crippen LogP contribution >= 0.6 is 0 Å². The van der Waals surface area contributed by atoms with Crippen LogP contribution in [0.3, 0.4) is 0 Å². The number of hydrogen-bond acceptors (Lipinski definition) is 4. The Morgan fingerprint density at radius 2 is 2.58 bits per heavy atom. The Hall–Kier alpha value is -1.43. The predicted octanol–water partition coefficient (Wildman–Crippen LogP) is -1.58. The van der Waals surface area contributed by atoms with Crippen LogP contribution in [0.5, 0.6) is 0 Å². The normalized spacial score (nSPS) is 9.75. The van der Waals surface area contributed by atoms with E-state index in [2.05, 4.69) is 20.5 Å². The Labute approximate surface area is 69.6 Å². The first-order valence-corrected chi connectivity index (χ1v) is 3.64. The second kappa shape index (κ2) is 4.45. The van der Waals surface area contributed by atoms with Gasteiger partial charge in [-0.05, 0) is 0 Å². The lowest BCUT2D eigenvalue weighted by Crippen LogP contribution is -2.31. The van der Waals surface area contributed by atoms with Crippen molar-refractivity contribution >= 4 is 5.91 Å². The molecule has 0 aliphatic heterocycles. The first-order chi connectivity index (χ1) is 5.83. The SMILES string of the molecule is NCC(=O)NCCc1ncn[nH]1. The van der Waals surface area contributed by atoms with Gasteiger partial charge >= 0.3 is 0 Å². The van der Waals surface area contributed by atoms with Crippen LogP contribution in [0.2, 0.25) is 0 Å². The van der Waals surface area contributed by atoms with Gasteiger partial charge in [0, 0.05) is 13.0 Å². The van der Waals surface area contributed by atoms with E-state index in [1.807, 2.05) is 0 Å². The summed E-state index contributed by atoms with van der Waals surface area (Å²) in [5.74, 6) is 0.599. The molecule has 1 aromatic rings. The van der Waals surface area contributed by atoms with E-state index in [-0.39, 0.29) is 12.5 Å². The molecular formula is C6H11N5O. The molecule has 6 nitrogen and oxygen atoms in total. The highest BCUT2D eigenvalue weighted by Gasteiger charge is 1.97. The van der Waals surface area contributed by atoms with E-state index in [4.69, 9.17) is 5.73 Å². The zero-order chi connectivity index (χ0) is 8.81. The van der Waals surface area contributed by atoms with Gasteiger partial charge in [0.05, 0.1) is 6.54 Å². The average molecular weight is 169 g/mol. The Morgan fingerprint density at radius 3 is 3.17 bits per heavy atom. The maximum Gasteiger partial charge on any atom is 0.233 e. The number of H-pyrrole nitrogens is 1. The number of rotatable bonds is 4. The fraction of sp³-hybridized carbons (Fsp3) is 0.500. The molecule has 0 aliphatic carbocycles. The summed E-state index contributed by atoms with van der Waals surface area (Å²) in [5.41, 5.74) is 5.08. The number of carbonyl (C=O) groups excluding carboxylic acids is 1. The molecule has 0 saturated heterocycles. The first kappa shape index (κ1) is 8.66. The Morgan fingerprint density at radius 1 is 1.75 bits per heavy atom. The summed E-state index contributed by atoms with van der Waals surface area (Å²) in [6.45, 7) is 0.557. The lowest BCUT2D eigenvalue weighted by Gasteiger charge is -1.99. The van der Waals surface area contributed by atoms with Gasteiger partial charge in [0.25, 0.3) is 0 Å². The molecule has 4 N–H and O–H groups in total. The third-order valence-electron chi connectivity index (χ3n) is 1.33. The van der Waals surface area contributed by atoms with Crippen molar-refractivity contribution in [2.24, 2.45) is 5.73 Å². The first-order valence-electron chi connectivity index (χ1n) is 3.64. The van der Waals surface area contributed by atoms with E-state index in [0.717, 1.165) is 5.82 Å². The summed E-state index contributed by atoms with van der Waals surface area (Å²) >= 11 is 0. The van der Waals surface area contributed by atoms with Gasteiger partial charge in [0.1, 0.15) is 12.2 Å². The average Bonchev–Trinajstić information content (AvgIpc) is 2.57. The molecule has 1 heterocycles. The number of aromatic amines is 1. The molecule has 0 saturated carbocycles. The topological polar surface area (TPSA) is 96.7 Å². The summed E-state index contributed by atoms with van der Waals surface area (Å²) in [6.07, 6.45) is 2.08.